The van der Waals surface area contributed by atoms with Gasteiger partial charge in [0.25, 0.3) is 5.69 Å². The fourth-order valence-corrected chi connectivity index (χ4v) is 3.78. The van der Waals surface area contributed by atoms with Gasteiger partial charge in [-0.2, -0.15) is 0 Å². The summed E-state index contributed by atoms with van der Waals surface area (Å²) in [4.78, 5) is 27.7. The van der Waals surface area contributed by atoms with Gasteiger partial charge >= 0.3 is 0 Å². The van der Waals surface area contributed by atoms with Crippen LogP contribution in [0.15, 0.2) is 51.7 Å². The molecule has 7 nitrogen and oxygen atoms in total. The van der Waals surface area contributed by atoms with Gasteiger partial charge in [-0.15, -0.1) is 0 Å². The van der Waals surface area contributed by atoms with Crippen LogP contribution in [0, 0.1) is 10.1 Å². The molecule has 2 heterocycles. The van der Waals surface area contributed by atoms with E-state index in [4.69, 9.17) is 16.0 Å². The van der Waals surface area contributed by atoms with Crippen molar-refractivity contribution in [1.82, 2.24) is 9.80 Å². The Kier molecular flexibility index (Phi) is 5.36. The number of likely N-dealkylation sites (N-methyl/N-ethyl adjacent to an activating group) is 1. The lowest BCUT2D eigenvalue weighted by atomic mass is 10.1. The highest BCUT2D eigenvalue weighted by atomic mass is 35.5. The van der Waals surface area contributed by atoms with E-state index in [-0.39, 0.29) is 11.1 Å². The number of non-ortho nitro benzene ring substituents is 1. The zero-order valence-corrected chi connectivity index (χ0v) is 16.7. The third-order valence-corrected chi connectivity index (χ3v) is 5.44. The number of nitro benzene ring substituents is 1. The first kappa shape index (κ1) is 19.6. The van der Waals surface area contributed by atoms with Crippen LogP contribution in [-0.4, -0.2) is 47.9 Å². The number of rotatable bonds is 4. The smallest absolute Gasteiger partial charge is 0.269 e. The van der Waals surface area contributed by atoms with Crippen molar-refractivity contribution in [2.75, 3.05) is 33.2 Å². The van der Waals surface area contributed by atoms with E-state index in [1.165, 1.54) is 18.2 Å². The van der Waals surface area contributed by atoms with Gasteiger partial charge in [0, 0.05) is 67.1 Å². The lowest BCUT2D eigenvalue weighted by Gasteiger charge is -2.32. The Morgan fingerprint density at radius 1 is 1.10 bits per heavy atom. The van der Waals surface area contributed by atoms with Crippen LogP contribution in [0.5, 0.6) is 0 Å². The highest BCUT2D eigenvalue weighted by Crippen LogP contribution is 2.29. The van der Waals surface area contributed by atoms with E-state index in [0.29, 0.717) is 33.9 Å². The average molecular weight is 414 g/mol. The zero-order valence-electron chi connectivity index (χ0n) is 15.9. The number of fused-ring (bicyclic) bond motifs is 1. The molecule has 1 saturated heterocycles. The van der Waals surface area contributed by atoms with Crippen molar-refractivity contribution < 1.29 is 9.34 Å². The lowest BCUT2D eigenvalue weighted by Crippen LogP contribution is -2.43. The molecule has 0 atom stereocenters. The van der Waals surface area contributed by atoms with Crippen LogP contribution in [-0.2, 0) is 6.54 Å². The Hall–Kier alpha value is -2.74. The summed E-state index contributed by atoms with van der Waals surface area (Å²) in [7, 11) is 2.10. The Morgan fingerprint density at radius 2 is 1.79 bits per heavy atom. The number of nitrogens with zero attached hydrogens (tertiary/aromatic N) is 3. The summed E-state index contributed by atoms with van der Waals surface area (Å²) in [6.07, 6.45) is 0. The summed E-state index contributed by atoms with van der Waals surface area (Å²) >= 11 is 6.27. The molecule has 3 aromatic rings. The first-order chi connectivity index (χ1) is 13.9. The Morgan fingerprint density at radius 3 is 2.45 bits per heavy atom. The molecule has 2 aromatic carbocycles. The van der Waals surface area contributed by atoms with Crippen molar-refractivity contribution in [3.05, 3.63) is 73.4 Å². The van der Waals surface area contributed by atoms with Gasteiger partial charge in [-0.05, 0) is 31.3 Å². The Labute approximate surface area is 172 Å². The fraction of sp³-hybridized carbons (Fsp3) is 0.286. The fourth-order valence-electron chi connectivity index (χ4n) is 3.54. The quantitative estimate of drug-likeness (QED) is 0.478. The average Bonchev–Trinajstić information content (AvgIpc) is 2.70. The Bertz CT molecular complexity index is 1120. The van der Waals surface area contributed by atoms with Crippen molar-refractivity contribution in [1.29, 1.82) is 0 Å². The first-order valence-corrected chi connectivity index (χ1v) is 9.70. The minimum atomic E-state index is -0.462. The van der Waals surface area contributed by atoms with Crippen molar-refractivity contribution in [2.24, 2.45) is 0 Å². The molecule has 0 unspecified atom stereocenters. The van der Waals surface area contributed by atoms with E-state index in [9.17, 15) is 14.9 Å². The molecule has 1 aliphatic rings. The van der Waals surface area contributed by atoms with Gasteiger partial charge in [-0.25, -0.2) is 0 Å². The monoisotopic (exact) mass is 413 g/mol. The topological polar surface area (TPSA) is 79.8 Å². The molecular formula is C21H20ClN3O4. The van der Waals surface area contributed by atoms with Crippen LogP contribution < -0.4 is 5.43 Å². The highest BCUT2D eigenvalue weighted by molar-refractivity contribution is 6.31. The largest absolute Gasteiger partial charge is 0.455 e. The third kappa shape index (κ3) is 4.17. The number of halogens is 1. The predicted octanol–water partition coefficient (Wildman–Crippen LogP) is 3.77. The molecule has 1 aliphatic heterocycles. The predicted molar refractivity (Wildman–Crippen MR) is 112 cm³/mol. The maximum absolute atomic E-state index is 12.7. The summed E-state index contributed by atoms with van der Waals surface area (Å²) < 4.78 is 6.11. The van der Waals surface area contributed by atoms with E-state index in [1.807, 2.05) is 6.07 Å². The maximum atomic E-state index is 12.7. The summed E-state index contributed by atoms with van der Waals surface area (Å²) in [5.74, 6) is 0.374. The molecule has 1 aromatic heterocycles. The van der Waals surface area contributed by atoms with E-state index in [1.54, 1.807) is 18.2 Å². The van der Waals surface area contributed by atoms with Gasteiger partial charge in [-0.1, -0.05) is 11.6 Å². The van der Waals surface area contributed by atoms with E-state index < -0.39 is 4.92 Å². The van der Waals surface area contributed by atoms with E-state index >= 15 is 0 Å². The molecule has 8 heteroatoms. The molecule has 0 bridgehead atoms. The number of piperazine rings is 1. The number of hydrogen-bond donors (Lipinski definition) is 0. The lowest BCUT2D eigenvalue weighted by molar-refractivity contribution is -0.384. The van der Waals surface area contributed by atoms with Gasteiger partial charge in [-0.3, -0.25) is 19.8 Å². The van der Waals surface area contributed by atoms with Crippen molar-refractivity contribution in [3.63, 3.8) is 0 Å². The minimum absolute atomic E-state index is 0.0144. The second kappa shape index (κ2) is 7.94. The summed E-state index contributed by atoms with van der Waals surface area (Å²) in [6, 6.07) is 10.8. The van der Waals surface area contributed by atoms with E-state index in [0.717, 1.165) is 31.7 Å². The highest BCUT2D eigenvalue weighted by Gasteiger charge is 2.18. The molecule has 1 fully saturated rings. The third-order valence-electron chi connectivity index (χ3n) is 5.22. The van der Waals surface area contributed by atoms with Crippen LogP contribution in [0.3, 0.4) is 0 Å². The molecule has 4 rings (SSSR count). The molecule has 0 spiro atoms. The second-order valence-corrected chi connectivity index (χ2v) is 7.74. The number of nitro groups is 1. The SMILES string of the molecule is CN1CCN(Cc2cc(Cl)cc3c(=O)cc(-c4ccc([N+](=O)[O-])cc4)oc23)CC1. The molecule has 0 radical (unpaired) electrons. The molecule has 150 valence electrons. The number of hydrogen-bond acceptors (Lipinski definition) is 6. The van der Waals surface area contributed by atoms with Crippen LogP contribution in [0.2, 0.25) is 5.02 Å². The first-order valence-electron chi connectivity index (χ1n) is 9.33. The van der Waals surface area contributed by atoms with Crippen LogP contribution in [0.25, 0.3) is 22.3 Å². The van der Waals surface area contributed by atoms with Crippen LogP contribution in [0.4, 0.5) is 5.69 Å². The molecule has 0 N–H and O–H groups in total. The standard InChI is InChI=1S/C21H20ClN3O4/c1-23-6-8-24(9-7-23)13-15-10-16(22)11-18-19(26)12-20(29-21(15)18)14-2-4-17(5-3-14)25(27)28/h2-5,10-12H,6-9,13H2,1H3. The maximum Gasteiger partial charge on any atom is 0.269 e. The van der Waals surface area contributed by atoms with Gasteiger partial charge in [0.05, 0.1) is 10.3 Å². The molecule has 29 heavy (non-hydrogen) atoms. The molecule has 0 aliphatic carbocycles. The van der Waals surface area contributed by atoms with Gasteiger partial charge in [0.1, 0.15) is 11.3 Å². The molecule has 0 amide bonds. The van der Waals surface area contributed by atoms with Crippen molar-refractivity contribution >= 4 is 28.3 Å². The van der Waals surface area contributed by atoms with Crippen LogP contribution in [0.1, 0.15) is 5.56 Å². The minimum Gasteiger partial charge on any atom is -0.455 e. The van der Waals surface area contributed by atoms with Crippen molar-refractivity contribution in [3.8, 4) is 11.3 Å². The van der Waals surface area contributed by atoms with Gasteiger partial charge < -0.3 is 9.32 Å². The zero-order chi connectivity index (χ0) is 20.5. The van der Waals surface area contributed by atoms with Crippen LogP contribution >= 0.6 is 11.6 Å². The summed E-state index contributed by atoms with van der Waals surface area (Å²) in [5, 5.41) is 11.8. The summed E-state index contributed by atoms with van der Waals surface area (Å²) in [5.41, 5.74) is 1.77. The van der Waals surface area contributed by atoms with E-state index in [2.05, 4.69) is 16.8 Å². The normalized spacial score (nSPS) is 15.7. The second-order valence-electron chi connectivity index (χ2n) is 7.30. The van der Waals surface area contributed by atoms with Crippen molar-refractivity contribution in [2.45, 2.75) is 6.54 Å². The molecular weight excluding hydrogens is 394 g/mol. The molecule has 0 saturated carbocycles. The Balaban J connectivity index is 1.76. The van der Waals surface area contributed by atoms with Gasteiger partial charge in [0.15, 0.2) is 5.43 Å². The van der Waals surface area contributed by atoms with Gasteiger partial charge in [0.2, 0.25) is 0 Å². The summed E-state index contributed by atoms with van der Waals surface area (Å²) in [6.45, 7) is 4.46. The number of benzene rings is 2.